The summed E-state index contributed by atoms with van der Waals surface area (Å²) in [7, 11) is 0. The molecule has 0 N–H and O–H groups in total. The van der Waals surface area contributed by atoms with Crippen molar-refractivity contribution in [1.29, 1.82) is 0 Å². The summed E-state index contributed by atoms with van der Waals surface area (Å²) < 4.78 is 5.51. The number of benzene rings is 1. The second-order valence-corrected chi connectivity index (χ2v) is 6.33. The number of unbranched alkanes of at least 4 members (excludes halogenated alkanes) is 2. The van der Waals surface area contributed by atoms with Crippen LogP contribution in [0, 0.1) is 0 Å². The van der Waals surface area contributed by atoms with E-state index in [1.54, 1.807) is 6.26 Å². The zero-order chi connectivity index (χ0) is 15.9. The highest BCUT2D eigenvalue weighted by Gasteiger charge is 2.20. The quantitative estimate of drug-likeness (QED) is 0.743. The number of carbonyl (C=O) groups excluding carboxylic acids is 1. The summed E-state index contributed by atoms with van der Waals surface area (Å²) in [6.45, 7) is 1.50. The molecule has 3 heteroatoms. The van der Waals surface area contributed by atoms with Gasteiger partial charge in [0.15, 0.2) is 0 Å². The fourth-order valence-corrected chi connectivity index (χ4v) is 3.24. The predicted molar refractivity (Wildman–Crippen MR) is 91.1 cm³/mol. The molecule has 1 amide bonds. The van der Waals surface area contributed by atoms with Gasteiger partial charge in [-0.3, -0.25) is 4.79 Å². The fourth-order valence-electron chi connectivity index (χ4n) is 3.24. The first-order valence-electron chi connectivity index (χ1n) is 8.70. The van der Waals surface area contributed by atoms with E-state index in [-0.39, 0.29) is 5.91 Å². The molecule has 0 unspecified atom stereocenters. The second kappa shape index (κ2) is 8.00. The smallest absolute Gasteiger partial charge is 0.222 e. The van der Waals surface area contributed by atoms with Crippen LogP contribution in [-0.4, -0.2) is 17.4 Å². The number of nitrogens with zero attached hydrogens (tertiary/aromatic N) is 1. The Morgan fingerprint density at radius 3 is 2.83 bits per heavy atom. The molecule has 1 aliphatic heterocycles. The SMILES string of the molecule is O=C(CCCCCc1ccccc1)N1CCCc2ccoc2C1. The van der Waals surface area contributed by atoms with Gasteiger partial charge in [-0.15, -0.1) is 0 Å². The number of rotatable bonds is 6. The Morgan fingerprint density at radius 2 is 1.96 bits per heavy atom. The molecular formula is C20H25NO2. The summed E-state index contributed by atoms with van der Waals surface area (Å²) in [5, 5.41) is 0. The van der Waals surface area contributed by atoms with Gasteiger partial charge in [-0.05, 0) is 49.3 Å². The van der Waals surface area contributed by atoms with Crippen molar-refractivity contribution in [2.45, 2.75) is 51.5 Å². The van der Waals surface area contributed by atoms with Crippen LogP contribution in [0.1, 0.15) is 49.0 Å². The first-order chi connectivity index (χ1) is 11.3. The summed E-state index contributed by atoms with van der Waals surface area (Å²) >= 11 is 0. The van der Waals surface area contributed by atoms with Crippen molar-refractivity contribution >= 4 is 5.91 Å². The molecule has 0 fully saturated rings. The Labute approximate surface area is 138 Å². The molecule has 0 atom stereocenters. The van der Waals surface area contributed by atoms with Gasteiger partial charge in [-0.2, -0.15) is 0 Å². The Morgan fingerprint density at radius 1 is 1.09 bits per heavy atom. The van der Waals surface area contributed by atoms with E-state index in [0.717, 1.165) is 50.8 Å². The number of aryl methyl sites for hydroxylation is 2. The van der Waals surface area contributed by atoms with E-state index < -0.39 is 0 Å². The van der Waals surface area contributed by atoms with Crippen LogP contribution in [0.4, 0.5) is 0 Å². The zero-order valence-corrected chi connectivity index (χ0v) is 13.7. The van der Waals surface area contributed by atoms with E-state index in [1.165, 1.54) is 11.1 Å². The number of hydrogen-bond donors (Lipinski definition) is 0. The standard InChI is InChI=1S/C20H25NO2/c22-20(12-6-2-5-10-17-8-3-1-4-9-17)21-14-7-11-18-13-15-23-19(18)16-21/h1,3-4,8-9,13,15H,2,5-7,10-12,14,16H2. The molecule has 3 rings (SSSR count). The van der Waals surface area contributed by atoms with E-state index in [4.69, 9.17) is 4.42 Å². The van der Waals surface area contributed by atoms with Crippen molar-refractivity contribution in [3.8, 4) is 0 Å². The Hall–Kier alpha value is -2.03. The number of hydrogen-bond acceptors (Lipinski definition) is 2. The minimum atomic E-state index is 0.272. The molecule has 1 aromatic carbocycles. The van der Waals surface area contributed by atoms with Gasteiger partial charge >= 0.3 is 0 Å². The van der Waals surface area contributed by atoms with Crippen molar-refractivity contribution in [2.24, 2.45) is 0 Å². The van der Waals surface area contributed by atoms with Crippen molar-refractivity contribution in [3.63, 3.8) is 0 Å². The summed E-state index contributed by atoms with van der Waals surface area (Å²) in [5.41, 5.74) is 2.65. The first-order valence-corrected chi connectivity index (χ1v) is 8.70. The maximum Gasteiger partial charge on any atom is 0.222 e. The molecule has 3 nitrogen and oxygen atoms in total. The molecule has 0 saturated heterocycles. The number of furan rings is 1. The lowest BCUT2D eigenvalue weighted by molar-refractivity contribution is -0.132. The van der Waals surface area contributed by atoms with Crippen molar-refractivity contribution in [2.75, 3.05) is 6.54 Å². The van der Waals surface area contributed by atoms with Crippen LogP contribution in [0.2, 0.25) is 0 Å². The third-order valence-electron chi connectivity index (χ3n) is 4.60. The average Bonchev–Trinajstić information content (AvgIpc) is 2.92. The van der Waals surface area contributed by atoms with E-state index in [1.807, 2.05) is 17.0 Å². The van der Waals surface area contributed by atoms with Crippen molar-refractivity contribution < 1.29 is 9.21 Å². The van der Waals surface area contributed by atoms with Gasteiger partial charge in [0.25, 0.3) is 0 Å². The number of fused-ring (bicyclic) bond motifs is 1. The van der Waals surface area contributed by atoms with E-state index in [0.29, 0.717) is 13.0 Å². The van der Waals surface area contributed by atoms with Crippen molar-refractivity contribution in [3.05, 3.63) is 59.5 Å². The second-order valence-electron chi connectivity index (χ2n) is 6.33. The van der Waals surface area contributed by atoms with Gasteiger partial charge in [-0.25, -0.2) is 0 Å². The molecule has 1 aromatic heterocycles. The minimum Gasteiger partial charge on any atom is -0.467 e. The molecule has 0 spiro atoms. The molecule has 1 aliphatic rings. The molecule has 122 valence electrons. The summed E-state index contributed by atoms with van der Waals surface area (Å²) in [5.74, 6) is 1.24. The highest BCUT2D eigenvalue weighted by atomic mass is 16.3. The minimum absolute atomic E-state index is 0.272. The Bertz CT molecular complexity index is 618. The van der Waals surface area contributed by atoms with Crippen LogP contribution in [0.3, 0.4) is 0 Å². The summed E-state index contributed by atoms with van der Waals surface area (Å²) in [4.78, 5) is 14.4. The molecule has 2 heterocycles. The van der Waals surface area contributed by atoms with Crippen molar-refractivity contribution in [1.82, 2.24) is 4.90 Å². The molecule has 0 aliphatic carbocycles. The number of carbonyl (C=O) groups is 1. The van der Waals surface area contributed by atoms with E-state index in [2.05, 4.69) is 24.3 Å². The Balaban J connectivity index is 1.38. The normalized spacial score (nSPS) is 14.3. The molecule has 0 radical (unpaired) electrons. The van der Waals surface area contributed by atoms with Gasteiger partial charge in [-0.1, -0.05) is 36.8 Å². The van der Waals surface area contributed by atoms with E-state index >= 15 is 0 Å². The maximum atomic E-state index is 12.4. The van der Waals surface area contributed by atoms with E-state index in [9.17, 15) is 4.79 Å². The lowest BCUT2D eigenvalue weighted by Gasteiger charge is -2.19. The van der Waals surface area contributed by atoms with Crippen LogP contribution in [0.15, 0.2) is 47.1 Å². The maximum absolute atomic E-state index is 12.4. The molecular weight excluding hydrogens is 286 g/mol. The monoisotopic (exact) mass is 311 g/mol. The molecule has 0 bridgehead atoms. The highest BCUT2D eigenvalue weighted by molar-refractivity contribution is 5.76. The van der Waals surface area contributed by atoms with Crippen LogP contribution in [0.25, 0.3) is 0 Å². The Kier molecular flexibility index (Phi) is 5.51. The first kappa shape index (κ1) is 15.9. The topological polar surface area (TPSA) is 33.5 Å². The number of amides is 1. The average molecular weight is 311 g/mol. The van der Waals surface area contributed by atoms with Crippen LogP contribution < -0.4 is 0 Å². The van der Waals surface area contributed by atoms with Gasteiger partial charge < -0.3 is 9.32 Å². The van der Waals surface area contributed by atoms with Gasteiger partial charge in [0.05, 0.1) is 12.8 Å². The highest BCUT2D eigenvalue weighted by Crippen LogP contribution is 2.20. The van der Waals surface area contributed by atoms with Gasteiger partial charge in [0, 0.05) is 13.0 Å². The van der Waals surface area contributed by atoms with Crippen LogP contribution in [-0.2, 0) is 24.2 Å². The summed E-state index contributed by atoms with van der Waals surface area (Å²) in [6, 6.07) is 12.6. The molecule has 23 heavy (non-hydrogen) atoms. The lowest BCUT2D eigenvalue weighted by atomic mass is 10.1. The zero-order valence-electron chi connectivity index (χ0n) is 13.7. The lowest BCUT2D eigenvalue weighted by Crippen LogP contribution is -2.30. The van der Waals surface area contributed by atoms with Gasteiger partial charge in [0.2, 0.25) is 5.91 Å². The third kappa shape index (κ3) is 4.47. The summed E-state index contributed by atoms with van der Waals surface area (Å²) in [6.07, 6.45) is 8.80. The van der Waals surface area contributed by atoms with Gasteiger partial charge in [0.1, 0.15) is 5.76 Å². The molecule has 2 aromatic rings. The van der Waals surface area contributed by atoms with Crippen LogP contribution >= 0.6 is 0 Å². The fraction of sp³-hybridized carbons (Fsp3) is 0.450. The predicted octanol–water partition coefficient (Wildman–Crippen LogP) is 4.36. The van der Waals surface area contributed by atoms with Crippen LogP contribution in [0.5, 0.6) is 0 Å². The third-order valence-corrected chi connectivity index (χ3v) is 4.60. The largest absolute Gasteiger partial charge is 0.467 e. The molecule has 0 saturated carbocycles.